The number of unbranched alkanes of at least 4 members (excludes halogenated alkanes) is 3. The molecule has 0 aliphatic carbocycles. The maximum atomic E-state index is 11.9. The Hall–Kier alpha value is -2.40. The molecule has 0 bridgehead atoms. The number of phenolic OH excluding ortho intramolecular Hbond substituents is 2. The second-order valence-electron chi connectivity index (χ2n) is 5.07. The number of benzene rings is 1. The minimum Gasteiger partial charge on any atom is -0.504 e. The summed E-state index contributed by atoms with van der Waals surface area (Å²) in [6, 6.07) is 2.11. The molecular formula is C15H21NO9. The third-order valence-electron chi connectivity index (χ3n) is 3.02. The summed E-state index contributed by atoms with van der Waals surface area (Å²) in [5, 5.41) is 35.4. The first-order valence-corrected chi connectivity index (χ1v) is 7.53. The molecule has 1 aromatic carbocycles. The maximum Gasteiger partial charge on any atom is 0.338 e. The first kappa shape index (κ1) is 20.6. The second kappa shape index (κ2) is 10.5. The Bertz CT molecular complexity index is 589. The minimum atomic E-state index is -0.733. The molecule has 0 aromatic heterocycles. The molecule has 0 spiro atoms. The fraction of sp³-hybridized carbons (Fsp3) is 0.467. The highest BCUT2D eigenvalue weighted by atomic mass is 17.1. The van der Waals surface area contributed by atoms with E-state index in [1.54, 1.807) is 0 Å². The van der Waals surface area contributed by atoms with Gasteiger partial charge in [-0.05, 0) is 31.4 Å². The molecule has 1 rings (SSSR count). The molecule has 0 aliphatic rings. The van der Waals surface area contributed by atoms with Crippen molar-refractivity contribution in [1.29, 1.82) is 0 Å². The summed E-state index contributed by atoms with van der Waals surface area (Å²) in [6.45, 7) is 1.40. The molecule has 0 aliphatic heterocycles. The number of hydrogen-bond acceptors (Lipinski definition) is 10. The van der Waals surface area contributed by atoms with Crippen molar-refractivity contribution >= 4 is 11.9 Å². The molecule has 10 nitrogen and oxygen atoms in total. The van der Waals surface area contributed by atoms with Gasteiger partial charge in [0, 0.05) is 6.92 Å². The smallest absolute Gasteiger partial charge is 0.338 e. The van der Waals surface area contributed by atoms with E-state index in [1.807, 2.05) is 0 Å². The lowest BCUT2D eigenvalue weighted by molar-refractivity contribution is -0.492. The Balaban J connectivity index is 2.40. The van der Waals surface area contributed by atoms with Crippen LogP contribution in [0.4, 0.5) is 0 Å². The molecule has 4 N–H and O–H groups in total. The number of carbonyl (C=O) groups excluding carboxylic acids is 2. The third-order valence-corrected chi connectivity index (χ3v) is 3.02. The van der Waals surface area contributed by atoms with Crippen molar-refractivity contribution in [2.45, 2.75) is 32.6 Å². The topological polar surface area (TPSA) is 146 Å². The van der Waals surface area contributed by atoms with Gasteiger partial charge in [0.05, 0.1) is 24.2 Å². The number of hydrogen-bond donors (Lipinski definition) is 4. The van der Waals surface area contributed by atoms with Crippen LogP contribution in [0.3, 0.4) is 0 Å². The first-order valence-electron chi connectivity index (χ1n) is 7.53. The molecule has 25 heavy (non-hydrogen) atoms. The number of rotatable bonds is 10. The third kappa shape index (κ3) is 7.81. The fourth-order valence-electron chi connectivity index (χ4n) is 1.90. The summed E-state index contributed by atoms with van der Waals surface area (Å²) in [5.74, 6) is -3.02. The zero-order valence-corrected chi connectivity index (χ0v) is 13.7. The van der Waals surface area contributed by atoms with Gasteiger partial charge >= 0.3 is 11.9 Å². The Morgan fingerprint density at radius 2 is 1.68 bits per heavy atom. The van der Waals surface area contributed by atoms with Crippen LogP contribution in [0.5, 0.6) is 17.2 Å². The summed E-state index contributed by atoms with van der Waals surface area (Å²) >= 11 is 0. The highest BCUT2D eigenvalue weighted by molar-refractivity contribution is 5.91. The van der Waals surface area contributed by atoms with Gasteiger partial charge < -0.3 is 19.7 Å². The van der Waals surface area contributed by atoms with Gasteiger partial charge in [-0.15, -0.1) is 0 Å². The average Bonchev–Trinajstić information content (AvgIpc) is 2.53. The van der Waals surface area contributed by atoms with Crippen LogP contribution in [0.15, 0.2) is 12.1 Å². The number of esters is 2. The quantitative estimate of drug-likeness (QED) is 0.160. The van der Waals surface area contributed by atoms with E-state index < -0.39 is 23.4 Å². The van der Waals surface area contributed by atoms with Gasteiger partial charge in [0.1, 0.15) is 0 Å². The molecule has 1 aromatic rings. The van der Waals surface area contributed by atoms with E-state index in [-0.39, 0.29) is 29.9 Å². The molecule has 0 unspecified atom stereocenters. The zero-order valence-electron chi connectivity index (χ0n) is 13.7. The normalized spacial score (nSPS) is 10.7. The van der Waals surface area contributed by atoms with Gasteiger partial charge in [-0.2, -0.15) is 0 Å². The van der Waals surface area contributed by atoms with Crippen molar-refractivity contribution in [2.75, 3.05) is 13.2 Å². The number of phenols is 2. The molecule has 0 amide bonds. The minimum absolute atomic E-state index is 0.0640. The largest absolute Gasteiger partial charge is 0.504 e. The van der Waals surface area contributed by atoms with Crippen molar-refractivity contribution in [1.82, 2.24) is 5.39 Å². The van der Waals surface area contributed by atoms with E-state index in [1.165, 1.54) is 0 Å². The van der Waals surface area contributed by atoms with Crippen LogP contribution in [0.1, 0.15) is 43.0 Å². The van der Waals surface area contributed by atoms with E-state index in [2.05, 4.69) is 4.84 Å². The van der Waals surface area contributed by atoms with Crippen LogP contribution in [-0.2, 0) is 14.4 Å². The molecule has 0 atom stereocenters. The van der Waals surface area contributed by atoms with Gasteiger partial charge in [0.2, 0.25) is 5.75 Å². The molecule has 0 radical (unpaired) electrons. The van der Waals surface area contributed by atoms with Crippen LogP contribution in [0.25, 0.3) is 0 Å². The Morgan fingerprint density at radius 3 is 2.28 bits per heavy atom. The molecule has 10 heteroatoms. The van der Waals surface area contributed by atoms with E-state index in [4.69, 9.17) is 19.9 Å². The van der Waals surface area contributed by atoms with Crippen molar-refractivity contribution in [3.8, 4) is 17.2 Å². The van der Waals surface area contributed by atoms with E-state index in [9.17, 15) is 19.8 Å². The highest BCUT2D eigenvalue weighted by Crippen LogP contribution is 2.36. The predicted molar refractivity (Wildman–Crippen MR) is 81.2 cm³/mol. The van der Waals surface area contributed by atoms with Gasteiger partial charge in [0.15, 0.2) is 11.5 Å². The van der Waals surface area contributed by atoms with Crippen molar-refractivity contribution in [2.24, 2.45) is 0 Å². The number of carbonyl (C=O) groups is 2. The van der Waals surface area contributed by atoms with Crippen molar-refractivity contribution < 1.29 is 44.5 Å². The number of ether oxygens (including phenoxy) is 2. The Morgan fingerprint density at radius 1 is 1.04 bits per heavy atom. The molecular weight excluding hydrogens is 338 g/mol. The summed E-state index contributed by atoms with van der Waals surface area (Å²) in [4.78, 5) is 27.2. The first-order chi connectivity index (χ1) is 11.8. The molecule has 0 saturated carbocycles. The Kier molecular flexibility index (Phi) is 8.64. The molecule has 0 saturated heterocycles. The summed E-state index contributed by atoms with van der Waals surface area (Å²) in [6.07, 6.45) is 2.65. The van der Waals surface area contributed by atoms with E-state index in [0.29, 0.717) is 12.8 Å². The monoisotopic (exact) mass is 359 g/mol. The molecule has 0 heterocycles. The molecule has 140 valence electrons. The Labute approximate surface area is 143 Å². The lowest BCUT2D eigenvalue weighted by Gasteiger charge is -2.09. The zero-order chi connectivity index (χ0) is 18.8. The van der Waals surface area contributed by atoms with Gasteiger partial charge in [-0.1, -0.05) is 6.42 Å². The van der Waals surface area contributed by atoms with Crippen LogP contribution < -0.4 is 4.74 Å². The highest BCUT2D eigenvalue weighted by Gasteiger charge is 2.17. The fourth-order valence-corrected chi connectivity index (χ4v) is 1.90. The maximum absolute atomic E-state index is 11.9. The lowest BCUT2D eigenvalue weighted by Crippen LogP contribution is -2.14. The summed E-state index contributed by atoms with van der Waals surface area (Å²) in [5.41, 5.74) is -0.0640. The van der Waals surface area contributed by atoms with Crippen LogP contribution in [-0.4, -0.2) is 51.2 Å². The lowest BCUT2D eigenvalue weighted by atomic mass is 10.2. The van der Waals surface area contributed by atoms with Crippen LogP contribution in [0, 0.1) is 0 Å². The summed E-state index contributed by atoms with van der Waals surface area (Å²) < 4.78 is 9.74. The average molecular weight is 359 g/mol. The van der Waals surface area contributed by atoms with E-state index >= 15 is 0 Å². The van der Waals surface area contributed by atoms with Gasteiger partial charge in [0.25, 0.3) is 0 Å². The van der Waals surface area contributed by atoms with Crippen LogP contribution in [0.2, 0.25) is 0 Å². The molecule has 0 fully saturated rings. The van der Waals surface area contributed by atoms with Gasteiger partial charge in [-0.3, -0.25) is 20.0 Å². The van der Waals surface area contributed by atoms with Crippen molar-refractivity contribution in [3.05, 3.63) is 17.7 Å². The summed E-state index contributed by atoms with van der Waals surface area (Å²) in [7, 11) is 0. The van der Waals surface area contributed by atoms with Gasteiger partial charge in [-0.25, -0.2) is 4.79 Å². The van der Waals surface area contributed by atoms with Crippen LogP contribution >= 0.6 is 0 Å². The second-order valence-corrected chi connectivity index (χ2v) is 5.07. The standard InChI is InChI=1S/C15H21NO9/c1-10(17)25-13-9-11(8-12(18)14(13)19)15(20)23-6-4-2-3-5-7-24-16(21)22/h8-9,18-19,21-22H,2-7H2,1H3. The number of aromatic hydroxyl groups is 2. The van der Waals surface area contributed by atoms with E-state index in [0.717, 1.165) is 31.9 Å². The number of nitrogens with zero attached hydrogens (tertiary/aromatic N) is 1. The SMILES string of the molecule is CC(=O)Oc1cc(C(=O)OCCCCCCON(O)O)cc(O)c1O. The van der Waals surface area contributed by atoms with Crippen molar-refractivity contribution in [3.63, 3.8) is 0 Å². The predicted octanol–water partition coefficient (Wildman–Crippen LogP) is 1.75.